The van der Waals surface area contributed by atoms with E-state index in [9.17, 15) is 0 Å². The molecule has 0 spiro atoms. The van der Waals surface area contributed by atoms with Crippen molar-refractivity contribution in [1.29, 1.82) is 0 Å². The molecule has 0 aromatic carbocycles. The first-order chi connectivity index (χ1) is 5.24. The molecular formula is C8H13Br3. The molecule has 0 fully saturated rings. The lowest BCUT2D eigenvalue weighted by molar-refractivity contribution is 0.444. The van der Waals surface area contributed by atoms with Crippen LogP contribution in [0.25, 0.3) is 0 Å². The van der Waals surface area contributed by atoms with Crippen LogP contribution in [-0.2, 0) is 0 Å². The number of unbranched alkanes of at least 4 members (excludes halogenated alkanes) is 1. The maximum absolute atomic E-state index is 3.79. The third-order valence-corrected chi connectivity index (χ3v) is 5.20. The van der Waals surface area contributed by atoms with E-state index in [-0.39, 0.29) is 0 Å². The second-order valence-corrected chi connectivity index (χ2v) is 4.36. The fourth-order valence-electron chi connectivity index (χ4n) is 0.679. The van der Waals surface area contributed by atoms with E-state index in [1.54, 1.807) is 0 Å². The molecule has 0 atom stereocenters. The standard InChI is InChI=1S/C8H13Br3/c1-2-3-4-8(5-9,6-10)7-11/h3H,1-2,4-7H2. The largest absolute Gasteiger partial charge is 0.0921 e. The van der Waals surface area contributed by atoms with E-state index < -0.39 is 0 Å². The summed E-state index contributed by atoms with van der Waals surface area (Å²) < 4.78 is 0. The fourth-order valence-corrected chi connectivity index (χ4v) is 4.15. The summed E-state index contributed by atoms with van der Waals surface area (Å²) in [5.41, 5.74) is 0.331. The smallest absolute Gasteiger partial charge is 0.0104 e. The van der Waals surface area contributed by atoms with Gasteiger partial charge in [0.2, 0.25) is 0 Å². The van der Waals surface area contributed by atoms with E-state index in [0.717, 1.165) is 28.8 Å². The molecule has 0 unspecified atom stereocenters. The summed E-state index contributed by atoms with van der Waals surface area (Å²) in [6.45, 7) is 3.79. The SMILES string of the molecule is [CH2]C[CH]CC(CBr)(CBr)CBr. The van der Waals surface area contributed by atoms with Crippen molar-refractivity contribution in [2.45, 2.75) is 12.8 Å². The molecule has 0 saturated carbocycles. The van der Waals surface area contributed by atoms with Crippen molar-refractivity contribution in [3.8, 4) is 0 Å². The van der Waals surface area contributed by atoms with Crippen molar-refractivity contribution in [3.63, 3.8) is 0 Å². The van der Waals surface area contributed by atoms with E-state index in [1.165, 1.54) is 0 Å². The summed E-state index contributed by atoms with van der Waals surface area (Å²) in [6, 6.07) is 0. The minimum Gasteiger partial charge on any atom is -0.0921 e. The third kappa shape index (κ3) is 4.28. The van der Waals surface area contributed by atoms with Crippen LogP contribution >= 0.6 is 47.8 Å². The van der Waals surface area contributed by atoms with Crippen LogP contribution < -0.4 is 0 Å². The van der Waals surface area contributed by atoms with Crippen molar-refractivity contribution in [2.24, 2.45) is 5.41 Å². The van der Waals surface area contributed by atoms with E-state index >= 15 is 0 Å². The molecule has 0 aliphatic rings. The highest BCUT2D eigenvalue weighted by atomic mass is 79.9. The van der Waals surface area contributed by atoms with Gasteiger partial charge in [-0.1, -0.05) is 61.1 Å². The van der Waals surface area contributed by atoms with Gasteiger partial charge in [-0.15, -0.1) is 0 Å². The molecule has 0 bridgehead atoms. The third-order valence-electron chi connectivity index (χ3n) is 1.63. The Hall–Kier alpha value is 1.44. The molecule has 0 aromatic heterocycles. The van der Waals surface area contributed by atoms with E-state index in [0.29, 0.717) is 5.41 Å². The van der Waals surface area contributed by atoms with Gasteiger partial charge >= 0.3 is 0 Å². The quantitative estimate of drug-likeness (QED) is 0.637. The maximum Gasteiger partial charge on any atom is 0.0104 e. The molecule has 66 valence electrons. The van der Waals surface area contributed by atoms with E-state index in [1.807, 2.05) is 0 Å². The lowest BCUT2D eigenvalue weighted by Gasteiger charge is -2.27. The van der Waals surface area contributed by atoms with Crippen LogP contribution in [-0.4, -0.2) is 16.0 Å². The van der Waals surface area contributed by atoms with E-state index in [4.69, 9.17) is 0 Å². The molecule has 0 aliphatic heterocycles. The average Bonchev–Trinajstić information content (AvgIpc) is 2.08. The highest BCUT2D eigenvalue weighted by Gasteiger charge is 2.25. The lowest BCUT2D eigenvalue weighted by atomic mass is 9.90. The molecular weight excluding hydrogens is 336 g/mol. The van der Waals surface area contributed by atoms with Gasteiger partial charge in [-0.3, -0.25) is 0 Å². The molecule has 0 rings (SSSR count). The monoisotopic (exact) mass is 346 g/mol. The number of rotatable bonds is 6. The van der Waals surface area contributed by atoms with Gasteiger partial charge in [-0.05, 0) is 18.3 Å². The fraction of sp³-hybridized carbons (Fsp3) is 0.750. The lowest BCUT2D eigenvalue weighted by Crippen LogP contribution is -2.26. The number of hydrogen-bond donors (Lipinski definition) is 0. The van der Waals surface area contributed by atoms with Gasteiger partial charge in [-0.25, -0.2) is 0 Å². The minimum absolute atomic E-state index is 0.331. The summed E-state index contributed by atoms with van der Waals surface area (Å²) >= 11 is 10.6. The highest BCUT2D eigenvalue weighted by Crippen LogP contribution is 2.31. The summed E-state index contributed by atoms with van der Waals surface area (Å²) in [4.78, 5) is 0. The average molecular weight is 349 g/mol. The van der Waals surface area contributed by atoms with Gasteiger partial charge in [0, 0.05) is 16.0 Å². The molecule has 3 heteroatoms. The molecule has 0 N–H and O–H groups in total. The first-order valence-corrected chi connectivity index (χ1v) is 6.90. The Labute approximate surface area is 94.9 Å². The second kappa shape index (κ2) is 6.90. The topological polar surface area (TPSA) is 0 Å². The minimum atomic E-state index is 0.331. The maximum atomic E-state index is 3.79. The number of alkyl halides is 3. The molecule has 0 heterocycles. The molecule has 0 nitrogen and oxygen atoms in total. The van der Waals surface area contributed by atoms with Crippen molar-refractivity contribution < 1.29 is 0 Å². The molecule has 0 amide bonds. The molecule has 11 heavy (non-hydrogen) atoms. The summed E-state index contributed by atoms with van der Waals surface area (Å²) in [7, 11) is 0. The molecule has 0 aromatic rings. The predicted molar refractivity (Wildman–Crippen MR) is 62.7 cm³/mol. The second-order valence-electron chi connectivity index (χ2n) is 2.68. The Morgan fingerprint density at radius 1 is 1.09 bits per heavy atom. The van der Waals surface area contributed by atoms with Gasteiger partial charge in [0.15, 0.2) is 0 Å². The predicted octanol–water partition coefficient (Wildman–Crippen LogP) is 3.98. The zero-order valence-corrected chi connectivity index (χ0v) is 11.2. The zero-order valence-electron chi connectivity index (χ0n) is 6.45. The van der Waals surface area contributed by atoms with Crippen molar-refractivity contribution in [2.75, 3.05) is 16.0 Å². The van der Waals surface area contributed by atoms with Gasteiger partial charge < -0.3 is 0 Å². The Balaban J connectivity index is 3.84. The van der Waals surface area contributed by atoms with Crippen molar-refractivity contribution in [3.05, 3.63) is 13.3 Å². The number of halogens is 3. The van der Waals surface area contributed by atoms with Crippen LogP contribution in [0.1, 0.15) is 12.8 Å². The first-order valence-electron chi connectivity index (χ1n) is 3.53. The molecule has 0 saturated heterocycles. The van der Waals surface area contributed by atoms with Crippen LogP contribution in [0.15, 0.2) is 0 Å². The van der Waals surface area contributed by atoms with Crippen LogP contribution in [0.5, 0.6) is 0 Å². The zero-order chi connectivity index (χ0) is 8.74. The van der Waals surface area contributed by atoms with Crippen LogP contribution in [0.3, 0.4) is 0 Å². The van der Waals surface area contributed by atoms with Gasteiger partial charge in [0.05, 0.1) is 0 Å². The Kier molecular flexibility index (Phi) is 7.81. The van der Waals surface area contributed by atoms with Gasteiger partial charge in [-0.2, -0.15) is 0 Å². The molecule has 2 radical (unpaired) electrons. The number of hydrogen-bond acceptors (Lipinski definition) is 0. The van der Waals surface area contributed by atoms with Crippen LogP contribution in [0.2, 0.25) is 0 Å². The summed E-state index contributed by atoms with van der Waals surface area (Å²) in [5.74, 6) is 0. The Bertz CT molecular complexity index is 81.1. The molecule has 0 aliphatic carbocycles. The van der Waals surface area contributed by atoms with Gasteiger partial charge in [0.25, 0.3) is 0 Å². The normalized spacial score (nSPS) is 12.0. The van der Waals surface area contributed by atoms with Crippen LogP contribution in [0, 0.1) is 18.8 Å². The Morgan fingerprint density at radius 2 is 1.55 bits per heavy atom. The van der Waals surface area contributed by atoms with Crippen molar-refractivity contribution in [1.82, 2.24) is 0 Å². The van der Waals surface area contributed by atoms with Crippen molar-refractivity contribution >= 4 is 47.8 Å². The summed E-state index contributed by atoms with van der Waals surface area (Å²) in [6.07, 6.45) is 4.25. The Morgan fingerprint density at radius 3 is 1.82 bits per heavy atom. The van der Waals surface area contributed by atoms with E-state index in [2.05, 4.69) is 61.1 Å². The summed E-state index contributed by atoms with van der Waals surface area (Å²) in [5, 5.41) is 3.06. The first kappa shape index (κ1) is 12.4. The highest BCUT2D eigenvalue weighted by molar-refractivity contribution is 9.10. The van der Waals surface area contributed by atoms with Crippen LogP contribution in [0.4, 0.5) is 0 Å². The van der Waals surface area contributed by atoms with Gasteiger partial charge in [0.1, 0.15) is 0 Å².